The van der Waals surface area contributed by atoms with Crippen molar-refractivity contribution < 1.29 is 13.2 Å². The van der Waals surface area contributed by atoms with Crippen molar-refractivity contribution in [3.8, 4) is 0 Å². The molecule has 104 valence electrons. The van der Waals surface area contributed by atoms with Crippen LogP contribution in [0, 0.1) is 0 Å². The molecule has 0 saturated heterocycles. The minimum atomic E-state index is -4.33. The summed E-state index contributed by atoms with van der Waals surface area (Å²) in [6, 6.07) is -0.00139. The lowest BCUT2D eigenvalue weighted by atomic mass is 10.1. The van der Waals surface area contributed by atoms with Crippen molar-refractivity contribution >= 4 is 11.3 Å². The van der Waals surface area contributed by atoms with E-state index in [1.807, 2.05) is 6.92 Å². The molecular formula is C12H19F3N2S. The van der Waals surface area contributed by atoms with E-state index in [1.165, 1.54) is 6.20 Å². The molecule has 1 atom stereocenters. The van der Waals surface area contributed by atoms with Gasteiger partial charge in [-0.25, -0.2) is 4.98 Å². The highest BCUT2D eigenvalue weighted by molar-refractivity contribution is 7.11. The van der Waals surface area contributed by atoms with Crippen molar-refractivity contribution in [1.82, 2.24) is 10.3 Å². The monoisotopic (exact) mass is 280 g/mol. The fourth-order valence-electron chi connectivity index (χ4n) is 1.65. The number of aromatic nitrogens is 1. The van der Waals surface area contributed by atoms with Crippen LogP contribution < -0.4 is 5.32 Å². The van der Waals surface area contributed by atoms with E-state index in [1.54, 1.807) is 0 Å². The smallest absolute Gasteiger partial charge is 0.309 e. The molecule has 0 saturated carbocycles. The average Bonchev–Trinajstić information content (AvgIpc) is 2.78. The zero-order chi connectivity index (χ0) is 13.6. The molecule has 0 fully saturated rings. The summed E-state index contributed by atoms with van der Waals surface area (Å²) in [5.41, 5.74) is 0. The molecule has 2 nitrogen and oxygen atoms in total. The number of alkyl halides is 3. The van der Waals surface area contributed by atoms with E-state index in [-0.39, 0.29) is 6.04 Å². The fourth-order valence-corrected chi connectivity index (χ4v) is 2.54. The van der Waals surface area contributed by atoms with Gasteiger partial charge in [-0.15, -0.1) is 11.3 Å². The number of hydrogen-bond acceptors (Lipinski definition) is 3. The number of thiazole rings is 1. The molecule has 1 unspecified atom stereocenters. The zero-order valence-electron chi connectivity index (χ0n) is 10.7. The Labute approximate surface area is 110 Å². The SMILES string of the molecule is CCCCC(NCCC)c1cnc(C(F)(F)F)s1. The third-order valence-electron chi connectivity index (χ3n) is 2.60. The van der Waals surface area contributed by atoms with Crippen LogP contribution in [-0.4, -0.2) is 11.5 Å². The van der Waals surface area contributed by atoms with Crippen LogP contribution in [0.4, 0.5) is 13.2 Å². The quantitative estimate of drug-likeness (QED) is 0.801. The molecule has 0 radical (unpaired) electrons. The first kappa shape index (κ1) is 15.4. The molecular weight excluding hydrogens is 261 g/mol. The Balaban J connectivity index is 2.74. The van der Waals surface area contributed by atoms with Gasteiger partial charge in [-0.1, -0.05) is 26.7 Å². The molecule has 0 aliphatic heterocycles. The third kappa shape index (κ3) is 4.57. The van der Waals surface area contributed by atoms with Crippen LogP contribution in [0.1, 0.15) is 55.5 Å². The summed E-state index contributed by atoms with van der Waals surface area (Å²) in [5, 5.41) is 2.54. The summed E-state index contributed by atoms with van der Waals surface area (Å²) in [6.07, 6.45) is 0.888. The van der Waals surface area contributed by atoms with Crippen molar-refractivity contribution in [2.45, 2.75) is 51.7 Å². The highest BCUT2D eigenvalue weighted by atomic mass is 32.1. The van der Waals surface area contributed by atoms with Gasteiger partial charge in [0.05, 0.1) is 0 Å². The van der Waals surface area contributed by atoms with Crippen molar-refractivity contribution in [2.24, 2.45) is 0 Å². The lowest BCUT2D eigenvalue weighted by Gasteiger charge is -2.16. The van der Waals surface area contributed by atoms with Gasteiger partial charge in [0.1, 0.15) is 0 Å². The number of unbranched alkanes of at least 4 members (excludes halogenated alkanes) is 1. The highest BCUT2D eigenvalue weighted by Crippen LogP contribution is 2.35. The van der Waals surface area contributed by atoms with Crippen LogP contribution in [0.3, 0.4) is 0 Å². The van der Waals surface area contributed by atoms with E-state index in [2.05, 4.69) is 17.2 Å². The van der Waals surface area contributed by atoms with Crippen molar-refractivity contribution in [3.05, 3.63) is 16.1 Å². The van der Waals surface area contributed by atoms with Crippen LogP contribution in [-0.2, 0) is 6.18 Å². The number of nitrogens with zero attached hydrogens (tertiary/aromatic N) is 1. The Bertz CT molecular complexity index is 341. The molecule has 0 aromatic carbocycles. The first-order valence-electron chi connectivity index (χ1n) is 6.25. The van der Waals surface area contributed by atoms with Crippen molar-refractivity contribution in [1.29, 1.82) is 0 Å². The van der Waals surface area contributed by atoms with E-state index in [0.717, 1.165) is 43.6 Å². The first-order valence-corrected chi connectivity index (χ1v) is 7.07. The van der Waals surface area contributed by atoms with E-state index in [0.29, 0.717) is 4.88 Å². The number of rotatable bonds is 7. The molecule has 6 heteroatoms. The number of halogens is 3. The van der Waals surface area contributed by atoms with Gasteiger partial charge < -0.3 is 5.32 Å². The lowest BCUT2D eigenvalue weighted by molar-refractivity contribution is -0.137. The lowest BCUT2D eigenvalue weighted by Crippen LogP contribution is -2.21. The Morgan fingerprint density at radius 2 is 2.06 bits per heavy atom. The minimum absolute atomic E-state index is 0.00139. The largest absolute Gasteiger partial charge is 0.443 e. The molecule has 1 heterocycles. The maximum atomic E-state index is 12.5. The molecule has 0 aliphatic carbocycles. The molecule has 0 bridgehead atoms. The van der Waals surface area contributed by atoms with Gasteiger partial charge in [0.2, 0.25) is 0 Å². The van der Waals surface area contributed by atoms with Gasteiger partial charge in [-0.05, 0) is 19.4 Å². The van der Waals surface area contributed by atoms with E-state index >= 15 is 0 Å². The van der Waals surface area contributed by atoms with Gasteiger partial charge in [0.15, 0.2) is 5.01 Å². The van der Waals surface area contributed by atoms with Crippen LogP contribution in [0.25, 0.3) is 0 Å². The van der Waals surface area contributed by atoms with Crippen LogP contribution >= 0.6 is 11.3 Å². The van der Waals surface area contributed by atoms with Gasteiger partial charge >= 0.3 is 6.18 Å². The maximum absolute atomic E-state index is 12.5. The third-order valence-corrected chi connectivity index (χ3v) is 3.75. The van der Waals surface area contributed by atoms with Gasteiger partial charge in [-0.2, -0.15) is 13.2 Å². The van der Waals surface area contributed by atoms with Crippen LogP contribution in [0.15, 0.2) is 6.20 Å². The molecule has 1 aromatic rings. The fraction of sp³-hybridized carbons (Fsp3) is 0.750. The Hall–Kier alpha value is -0.620. The van der Waals surface area contributed by atoms with Crippen molar-refractivity contribution in [3.63, 3.8) is 0 Å². The number of hydrogen-bond donors (Lipinski definition) is 1. The minimum Gasteiger partial charge on any atom is -0.309 e. The Morgan fingerprint density at radius 3 is 2.56 bits per heavy atom. The van der Waals surface area contributed by atoms with Gasteiger partial charge in [0, 0.05) is 17.1 Å². The summed E-state index contributed by atoms with van der Waals surface area (Å²) in [4.78, 5) is 4.16. The predicted octanol–water partition coefficient (Wildman–Crippen LogP) is 4.39. The van der Waals surface area contributed by atoms with E-state index in [9.17, 15) is 13.2 Å². The first-order chi connectivity index (χ1) is 8.49. The standard InChI is InChI=1S/C12H19F3N2S/c1-3-5-6-9(16-7-4-2)10-8-17-11(18-10)12(13,14)15/h8-9,16H,3-7H2,1-2H3. The van der Waals surface area contributed by atoms with Crippen LogP contribution in [0.5, 0.6) is 0 Å². The summed E-state index contributed by atoms with van der Waals surface area (Å²) < 4.78 is 37.5. The number of nitrogens with one attached hydrogen (secondary N) is 1. The van der Waals surface area contributed by atoms with Crippen LogP contribution in [0.2, 0.25) is 0 Å². The molecule has 1 rings (SSSR count). The topological polar surface area (TPSA) is 24.9 Å². The van der Waals surface area contributed by atoms with Crippen molar-refractivity contribution in [2.75, 3.05) is 6.54 Å². The second-order valence-corrected chi connectivity index (χ2v) is 5.28. The second kappa shape index (κ2) is 7.09. The molecule has 0 aliphatic rings. The Morgan fingerprint density at radius 1 is 1.33 bits per heavy atom. The highest BCUT2D eigenvalue weighted by Gasteiger charge is 2.35. The second-order valence-electron chi connectivity index (χ2n) is 4.21. The van der Waals surface area contributed by atoms with E-state index in [4.69, 9.17) is 0 Å². The summed E-state index contributed by atoms with van der Waals surface area (Å²) in [7, 11) is 0. The predicted molar refractivity (Wildman–Crippen MR) is 67.7 cm³/mol. The normalized spacial score (nSPS) is 13.8. The zero-order valence-corrected chi connectivity index (χ0v) is 11.5. The maximum Gasteiger partial charge on any atom is 0.443 e. The molecule has 0 amide bonds. The summed E-state index contributed by atoms with van der Waals surface area (Å²) >= 11 is 0.750. The van der Waals surface area contributed by atoms with Gasteiger partial charge in [0.25, 0.3) is 0 Å². The molecule has 1 aromatic heterocycles. The molecule has 0 spiro atoms. The Kier molecular flexibility index (Phi) is 6.08. The average molecular weight is 280 g/mol. The summed E-state index contributed by atoms with van der Waals surface area (Å²) in [5.74, 6) is 0. The molecule has 18 heavy (non-hydrogen) atoms. The van der Waals surface area contributed by atoms with Gasteiger partial charge in [-0.3, -0.25) is 0 Å². The molecule has 1 N–H and O–H groups in total. The van der Waals surface area contributed by atoms with E-state index < -0.39 is 11.2 Å². The summed E-state index contributed by atoms with van der Waals surface area (Å²) in [6.45, 7) is 4.93.